The van der Waals surface area contributed by atoms with E-state index in [1.807, 2.05) is 0 Å². The molecule has 11 nitrogen and oxygen atoms in total. The van der Waals surface area contributed by atoms with Crippen LogP contribution in [0, 0.1) is 0 Å². The smallest absolute Gasteiger partial charge is 0.343 e. The third kappa shape index (κ3) is 6.34. The van der Waals surface area contributed by atoms with Gasteiger partial charge in [0, 0.05) is 5.56 Å². The fourth-order valence-corrected chi connectivity index (χ4v) is 2.28. The average Bonchev–Trinajstić information content (AvgIpc) is 2.67. The van der Waals surface area contributed by atoms with Gasteiger partial charge in [-0.2, -0.15) is 0 Å². The van der Waals surface area contributed by atoms with E-state index < -0.39 is 36.3 Å². The second-order valence-corrected chi connectivity index (χ2v) is 5.96. The van der Waals surface area contributed by atoms with E-state index in [1.54, 1.807) is 0 Å². The minimum Gasteiger partial charge on any atom is -0.481 e. The highest BCUT2D eigenvalue weighted by molar-refractivity contribution is 5.97. The normalized spacial score (nSPS) is 11.1. The number of hydrogen-bond acceptors (Lipinski definition) is 6. The van der Waals surface area contributed by atoms with Gasteiger partial charge < -0.3 is 31.7 Å². The molecule has 7 N–H and O–H groups in total. The molecule has 0 saturated carbocycles. The first-order chi connectivity index (χ1) is 14.2. The van der Waals surface area contributed by atoms with E-state index in [0.717, 1.165) is 0 Å². The van der Waals surface area contributed by atoms with Gasteiger partial charge in [0.1, 0.15) is 11.8 Å². The number of esters is 1. The number of rotatable bonds is 8. The highest BCUT2D eigenvalue weighted by atomic mass is 16.5. The predicted molar refractivity (Wildman–Crippen MR) is 104 cm³/mol. The SMILES string of the molecule is NC(N)=Nc1ccc(C(=O)Oc2ccc(C(=O)N[C@@H](CC(=O)O)C(=O)O)cc2)cc1. The molecule has 11 heteroatoms. The van der Waals surface area contributed by atoms with E-state index in [1.165, 1.54) is 48.5 Å². The molecule has 0 fully saturated rings. The van der Waals surface area contributed by atoms with Crippen LogP contribution in [0.5, 0.6) is 5.75 Å². The summed E-state index contributed by atoms with van der Waals surface area (Å²) in [6, 6.07) is 9.72. The van der Waals surface area contributed by atoms with Crippen LogP contribution in [0.2, 0.25) is 0 Å². The molecule has 2 aromatic rings. The van der Waals surface area contributed by atoms with E-state index in [2.05, 4.69) is 10.3 Å². The number of carbonyl (C=O) groups is 4. The second-order valence-electron chi connectivity index (χ2n) is 5.96. The molecule has 2 rings (SSSR count). The van der Waals surface area contributed by atoms with Gasteiger partial charge in [0.25, 0.3) is 5.91 Å². The molecule has 1 amide bonds. The van der Waals surface area contributed by atoms with Crippen LogP contribution in [0.15, 0.2) is 53.5 Å². The zero-order valence-electron chi connectivity index (χ0n) is 15.4. The maximum atomic E-state index is 12.2. The number of ether oxygens (including phenoxy) is 1. The lowest BCUT2D eigenvalue weighted by atomic mass is 10.1. The van der Waals surface area contributed by atoms with Crippen molar-refractivity contribution in [1.82, 2.24) is 5.32 Å². The highest BCUT2D eigenvalue weighted by Crippen LogP contribution is 2.17. The quantitative estimate of drug-likeness (QED) is 0.176. The van der Waals surface area contributed by atoms with Crippen molar-refractivity contribution in [2.24, 2.45) is 16.5 Å². The summed E-state index contributed by atoms with van der Waals surface area (Å²) in [6.07, 6.45) is -0.765. The summed E-state index contributed by atoms with van der Waals surface area (Å²) >= 11 is 0. The Morgan fingerprint density at radius 3 is 2.00 bits per heavy atom. The van der Waals surface area contributed by atoms with Gasteiger partial charge in [0.05, 0.1) is 17.7 Å². The van der Waals surface area contributed by atoms with Crippen LogP contribution < -0.4 is 21.5 Å². The van der Waals surface area contributed by atoms with Crippen LogP contribution in [-0.4, -0.2) is 46.0 Å². The van der Waals surface area contributed by atoms with Crippen LogP contribution in [0.4, 0.5) is 5.69 Å². The Hall–Kier alpha value is -4.41. The zero-order chi connectivity index (χ0) is 22.3. The Bertz CT molecular complexity index is 981. The summed E-state index contributed by atoms with van der Waals surface area (Å²) < 4.78 is 5.20. The molecule has 0 spiro atoms. The number of amides is 1. The molecule has 30 heavy (non-hydrogen) atoms. The van der Waals surface area contributed by atoms with Crippen LogP contribution >= 0.6 is 0 Å². The number of nitrogens with one attached hydrogen (secondary N) is 1. The van der Waals surface area contributed by atoms with Crippen LogP contribution in [0.1, 0.15) is 27.1 Å². The van der Waals surface area contributed by atoms with Crippen molar-refractivity contribution in [2.75, 3.05) is 0 Å². The molecule has 2 aromatic carbocycles. The van der Waals surface area contributed by atoms with Gasteiger partial charge in [0.15, 0.2) is 5.96 Å². The number of aliphatic imine (C=N–C) groups is 1. The maximum absolute atomic E-state index is 12.2. The Morgan fingerprint density at radius 1 is 0.933 bits per heavy atom. The van der Waals surface area contributed by atoms with Crippen molar-refractivity contribution in [2.45, 2.75) is 12.5 Å². The molecule has 0 aliphatic heterocycles. The van der Waals surface area contributed by atoms with E-state index in [9.17, 15) is 19.2 Å². The van der Waals surface area contributed by atoms with Crippen LogP contribution in [-0.2, 0) is 9.59 Å². The fraction of sp³-hybridized carbons (Fsp3) is 0.105. The standard InChI is InChI=1S/C19H18N4O7/c20-19(21)22-12-5-1-11(2-6-12)18(29)30-13-7-3-10(4-8-13)16(26)23-14(17(27)28)9-15(24)25/h1-8,14H,9H2,(H,23,26)(H,24,25)(H,27,28)(H4,20,21,22)/t14-/m0/s1. The van der Waals surface area contributed by atoms with E-state index in [-0.39, 0.29) is 22.8 Å². The third-order valence-electron chi connectivity index (χ3n) is 3.67. The molecule has 0 aliphatic carbocycles. The van der Waals surface area contributed by atoms with Crippen molar-refractivity contribution in [3.05, 3.63) is 59.7 Å². The maximum Gasteiger partial charge on any atom is 0.343 e. The summed E-state index contributed by atoms with van der Waals surface area (Å²) in [4.78, 5) is 49.8. The van der Waals surface area contributed by atoms with Gasteiger partial charge in [-0.1, -0.05) is 0 Å². The van der Waals surface area contributed by atoms with Crippen molar-refractivity contribution in [1.29, 1.82) is 0 Å². The van der Waals surface area contributed by atoms with Crippen LogP contribution in [0.3, 0.4) is 0 Å². The first kappa shape index (κ1) is 21.9. The number of aliphatic carboxylic acids is 2. The van der Waals surface area contributed by atoms with Gasteiger partial charge >= 0.3 is 17.9 Å². The molecule has 0 radical (unpaired) electrons. The fourth-order valence-electron chi connectivity index (χ4n) is 2.28. The van der Waals surface area contributed by atoms with Crippen molar-refractivity contribution in [3.8, 4) is 5.75 Å². The minimum absolute atomic E-state index is 0.0630. The number of nitrogens with two attached hydrogens (primary N) is 2. The van der Waals surface area contributed by atoms with Crippen molar-refractivity contribution in [3.63, 3.8) is 0 Å². The molecule has 156 valence electrons. The molecular weight excluding hydrogens is 396 g/mol. The van der Waals surface area contributed by atoms with Crippen molar-refractivity contribution < 1.29 is 34.1 Å². The summed E-state index contributed by atoms with van der Waals surface area (Å²) in [5.41, 5.74) is 11.3. The van der Waals surface area contributed by atoms with Crippen molar-refractivity contribution >= 4 is 35.5 Å². The number of benzene rings is 2. The summed E-state index contributed by atoms with van der Waals surface area (Å²) in [5, 5.41) is 19.8. The first-order valence-corrected chi connectivity index (χ1v) is 8.43. The Morgan fingerprint density at radius 2 is 1.50 bits per heavy atom. The van der Waals surface area contributed by atoms with Gasteiger partial charge in [-0.3, -0.25) is 9.59 Å². The molecule has 0 aliphatic rings. The lowest BCUT2D eigenvalue weighted by Crippen LogP contribution is -2.42. The number of carbonyl (C=O) groups excluding carboxylic acids is 2. The lowest BCUT2D eigenvalue weighted by molar-refractivity contribution is -0.145. The number of nitrogens with zero attached hydrogens (tertiary/aromatic N) is 1. The topological polar surface area (TPSA) is 194 Å². The summed E-state index contributed by atoms with van der Waals surface area (Å²) in [6.45, 7) is 0. The number of guanidine groups is 1. The predicted octanol–water partition coefficient (Wildman–Crippen LogP) is 0.468. The molecule has 0 unspecified atom stereocenters. The molecule has 1 atom stereocenters. The van der Waals surface area contributed by atoms with E-state index in [0.29, 0.717) is 5.69 Å². The Kier molecular flexibility index (Phi) is 7.06. The number of carboxylic acids is 2. The second kappa shape index (κ2) is 9.68. The monoisotopic (exact) mass is 414 g/mol. The molecular formula is C19H18N4O7. The van der Waals surface area contributed by atoms with E-state index >= 15 is 0 Å². The van der Waals surface area contributed by atoms with Gasteiger partial charge in [-0.25, -0.2) is 14.6 Å². The Balaban J connectivity index is 2.02. The molecule has 0 saturated heterocycles. The van der Waals surface area contributed by atoms with Gasteiger partial charge in [-0.05, 0) is 48.5 Å². The van der Waals surface area contributed by atoms with Gasteiger partial charge in [0.2, 0.25) is 0 Å². The number of carboxylic acid groups (broad SMARTS) is 2. The van der Waals surface area contributed by atoms with Crippen LogP contribution in [0.25, 0.3) is 0 Å². The first-order valence-electron chi connectivity index (χ1n) is 8.43. The third-order valence-corrected chi connectivity index (χ3v) is 3.67. The lowest BCUT2D eigenvalue weighted by Gasteiger charge is -2.12. The molecule has 0 heterocycles. The minimum atomic E-state index is -1.57. The number of hydrogen-bond donors (Lipinski definition) is 5. The molecule has 0 bridgehead atoms. The zero-order valence-corrected chi connectivity index (χ0v) is 15.4. The van der Waals surface area contributed by atoms with E-state index in [4.69, 9.17) is 26.4 Å². The molecule has 0 aromatic heterocycles. The Labute approximate surface area is 170 Å². The largest absolute Gasteiger partial charge is 0.481 e. The highest BCUT2D eigenvalue weighted by Gasteiger charge is 2.23. The summed E-state index contributed by atoms with van der Waals surface area (Å²) in [7, 11) is 0. The van der Waals surface area contributed by atoms with Gasteiger partial charge in [-0.15, -0.1) is 0 Å². The average molecular weight is 414 g/mol. The summed E-state index contributed by atoms with van der Waals surface area (Å²) in [5.74, 6) is -4.25.